The molecule has 5 atom stereocenters. The Morgan fingerprint density at radius 3 is 2.35 bits per heavy atom. The van der Waals surface area contributed by atoms with Crippen molar-refractivity contribution in [2.75, 3.05) is 0 Å². The Hall–Kier alpha value is 0. The molecule has 0 heterocycles. The summed E-state index contributed by atoms with van der Waals surface area (Å²) in [5.74, 6) is 5.11. The summed E-state index contributed by atoms with van der Waals surface area (Å²) in [6, 6.07) is 0. The predicted octanol–water partition coefficient (Wildman–Crippen LogP) is 7.86. The molecular weight excluding hydrogens is 276 g/mol. The molecule has 2 aliphatic carbocycles. The molecule has 5 unspecified atom stereocenters. The fraction of sp³-hybridized carbons (Fsp3) is 1.00. The SMILES string of the molecule is CCCC(C)CCCC1C(CC2CCC2)CC1(C)CC(C)CC. The molecule has 0 aromatic carbocycles. The smallest absolute Gasteiger partial charge is 0.0290 e. The van der Waals surface area contributed by atoms with Gasteiger partial charge in [-0.3, -0.25) is 0 Å². The average Bonchev–Trinajstić information content (AvgIpc) is 2.46. The van der Waals surface area contributed by atoms with Gasteiger partial charge < -0.3 is 0 Å². The molecular formula is C23H44. The highest BCUT2D eigenvalue weighted by Gasteiger charge is 2.50. The van der Waals surface area contributed by atoms with E-state index in [1.165, 1.54) is 51.4 Å². The lowest BCUT2D eigenvalue weighted by Crippen LogP contribution is -2.47. The maximum absolute atomic E-state index is 2.64. The van der Waals surface area contributed by atoms with Crippen LogP contribution in [0.2, 0.25) is 0 Å². The van der Waals surface area contributed by atoms with E-state index in [1.54, 1.807) is 25.7 Å². The molecule has 0 aromatic heterocycles. The minimum Gasteiger partial charge on any atom is -0.0654 e. The van der Waals surface area contributed by atoms with Gasteiger partial charge in [-0.15, -0.1) is 0 Å². The highest BCUT2D eigenvalue weighted by atomic mass is 14.5. The van der Waals surface area contributed by atoms with E-state index in [1.807, 2.05) is 0 Å². The number of hydrogen-bond donors (Lipinski definition) is 0. The summed E-state index contributed by atoms with van der Waals surface area (Å²) in [6.07, 6.45) is 17.8. The summed E-state index contributed by atoms with van der Waals surface area (Å²) in [5, 5.41) is 0. The Morgan fingerprint density at radius 2 is 1.78 bits per heavy atom. The molecule has 0 heteroatoms. The highest BCUT2D eigenvalue weighted by molar-refractivity contribution is 5.00. The Morgan fingerprint density at radius 1 is 1.04 bits per heavy atom. The van der Waals surface area contributed by atoms with Crippen LogP contribution in [-0.2, 0) is 0 Å². The molecule has 0 nitrogen and oxygen atoms in total. The third-order valence-electron chi connectivity index (χ3n) is 7.56. The molecule has 0 amide bonds. The second-order valence-electron chi connectivity index (χ2n) is 9.80. The van der Waals surface area contributed by atoms with E-state index in [2.05, 4.69) is 34.6 Å². The van der Waals surface area contributed by atoms with Crippen LogP contribution in [-0.4, -0.2) is 0 Å². The van der Waals surface area contributed by atoms with Crippen LogP contribution in [0.15, 0.2) is 0 Å². The molecule has 2 aliphatic rings. The number of rotatable bonds is 11. The maximum atomic E-state index is 2.64. The fourth-order valence-corrected chi connectivity index (χ4v) is 5.79. The molecule has 0 saturated heterocycles. The summed E-state index contributed by atoms with van der Waals surface area (Å²) in [7, 11) is 0. The second kappa shape index (κ2) is 8.91. The molecule has 0 bridgehead atoms. The summed E-state index contributed by atoms with van der Waals surface area (Å²) < 4.78 is 0. The van der Waals surface area contributed by atoms with Gasteiger partial charge >= 0.3 is 0 Å². The van der Waals surface area contributed by atoms with E-state index in [0.29, 0.717) is 5.41 Å². The van der Waals surface area contributed by atoms with Crippen molar-refractivity contribution in [1.82, 2.24) is 0 Å². The largest absolute Gasteiger partial charge is 0.0654 e. The average molecular weight is 321 g/mol. The van der Waals surface area contributed by atoms with E-state index in [-0.39, 0.29) is 0 Å². The third kappa shape index (κ3) is 5.23. The fourth-order valence-electron chi connectivity index (χ4n) is 5.79. The van der Waals surface area contributed by atoms with Gasteiger partial charge in [-0.1, -0.05) is 86.0 Å². The molecule has 0 N–H and O–H groups in total. The van der Waals surface area contributed by atoms with Gasteiger partial charge in [0.1, 0.15) is 0 Å². The van der Waals surface area contributed by atoms with Crippen LogP contribution in [0.1, 0.15) is 112 Å². The minimum absolute atomic E-state index is 0.678. The lowest BCUT2D eigenvalue weighted by atomic mass is 9.49. The normalized spacial score (nSPS) is 33.8. The van der Waals surface area contributed by atoms with Crippen molar-refractivity contribution < 1.29 is 0 Å². The first-order valence-corrected chi connectivity index (χ1v) is 11.0. The third-order valence-corrected chi connectivity index (χ3v) is 7.56. The Labute approximate surface area is 147 Å². The van der Waals surface area contributed by atoms with E-state index in [9.17, 15) is 0 Å². The summed E-state index contributed by atoms with van der Waals surface area (Å²) in [5.41, 5.74) is 0.678. The van der Waals surface area contributed by atoms with Gasteiger partial charge in [0.25, 0.3) is 0 Å². The van der Waals surface area contributed by atoms with Crippen LogP contribution < -0.4 is 0 Å². The van der Waals surface area contributed by atoms with Crippen molar-refractivity contribution in [3.05, 3.63) is 0 Å². The van der Waals surface area contributed by atoms with Crippen molar-refractivity contribution in [3.8, 4) is 0 Å². The van der Waals surface area contributed by atoms with Gasteiger partial charge in [-0.05, 0) is 60.7 Å². The molecule has 2 fully saturated rings. The van der Waals surface area contributed by atoms with Crippen molar-refractivity contribution >= 4 is 0 Å². The molecule has 0 aromatic rings. The monoisotopic (exact) mass is 320 g/mol. The van der Waals surface area contributed by atoms with Crippen LogP contribution in [0.3, 0.4) is 0 Å². The molecule has 2 saturated carbocycles. The van der Waals surface area contributed by atoms with Crippen molar-refractivity contribution in [2.45, 2.75) is 112 Å². The van der Waals surface area contributed by atoms with Gasteiger partial charge in [0, 0.05) is 0 Å². The van der Waals surface area contributed by atoms with Crippen LogP contribution in [0.4, 0.5) is 0 Å². The first-order valence-electron chi connectivity index (χ1n) is 11.0. The summed E-state index contributed by atoms with van der Waals surface area (Å²) in [6.45, 7) is 12.3. The molecule has 0 aliphatic heterocycles. The zero-order valence-corrected chi connectivity index (χ0v) is 16.9. The van der Waals surface area contributed by atoms with Crippen molar-refractivity contribution in [3.63, 3.8) is 0 Å². The van der Waals surface area contributed by atoms with Gasteiger partial charge in [-0.25, -0.2) is 0 Å². The van der Waals surface area contributed by atoms with Crippen LogP contribution in [0.5, 0.6) is 0 Å². The van der Waals surface area contributed by atoms with Crippen LogP contribution in [0.25, 0.3) is 0 Å². The van der Waals surface area contributed by atoms with Crippen LogP contribution >= 0.6 is 0 Å². The van der Waals surface area contributed by atoms with Gasteiger partial charge in [-0.2, -0.15) is 0 Å². The van der Waals surface area contributed by atoms with Crippen molar-refractivity contribution in [2.24, 2.45) is 35.0 Å². The minimum atomic E-state index is 0.678. The van der Waals surface area contributed by atoms with Gasteiger partial charge in [0.2, 0.25) is 0 Å². The molecule has 23 heavy (non-hydrogen) atoms. The molecule has 0 radical (unpaired) electrons. The Bertz CT molecular complexity index is 329. The van der Waals surface area contributed by atoms with E-state index >= 15 is 0 Å². The van der Waals surface area contributed by atoms with Crippen LogP contribution in [0, 0.1) is 35.0 Å². The quantitative estimate of drug-likeness (QED) is 0.363. The van der Waals surface area contributed by atoms with E-state index in [4.69, 9.17) is 0 Å². The number of hydrogen-bond acceptors (Lipinski definition) is 0. The maximum Gasteiger partial charge on any atom is -0.0290 e. The van der Waals surface area contributed by atoms with Gasteiger partial charge in [0.15, 0.2) is 0 Å². The topological polar surface area (TPSA) is 0 Å². The summed E-state index contributed by atoms with van der Waals surface area (Å²) in [4.78, 5) is 0. The predicted molar refractivity (Wildman–Crippen MR) is 104 cm³/mol. The molecule has 0 spiro atoms. The Kier molecular flexibility index (Phi) is 7.49. The second-order valence-corrected chi connectivity index (χ2v) is 9.80. The lowest BCUT2D eigenvalue weighted by molar-refractivity contribution is -0.0677. The summed E-state index contributed by atoms with van der Waals surface area (Å²) >= 11 is 0. The molecule has 136 valence electrons. The lowest BCUT2D eigenvalue weighted by Gasteiger charge is -2.56. The first-order chi connectivity index (χ1) is 11.0. The van der Waals surface area contributed by atoms with Crippen molar-refractivity contribution in [1.29, 1.82) is 0 Å². The highest BCUT2D eigenvalue weighted by Crippen LogP contribution is 2.59. The standard InChI is InChI=1S/C23H44/c1-6-10-19(4)11-8-14-22-21(15-20-12-9-13-20)17-23(22,5)16-18(3)7-2/h18-22H,6-17H2,1-5H3. The zero-order chi connectivity index (χ0) is 16.9. The first kappa shape index (κ1) is 19.3. The Balaban J connectivity index is 1.83. The van der Waals surface area contributed by atoms with E-state index in [0.717, 1.165) is 29.6 Å². The zero-order valence-electron chi connectivity index (χ0n) is 16.9. The molecule has 2 rings (SSSR count). The van der Waals surface area contributed by atoms with Gasteiger partial charge in [0.05, 0.1) is 0 Å². The van der Waals surface area contributed by atoms with E-state index < -0.39 is 0 Å².